The van der Waals surface area contributed by atoms with E-state index in [0.29, 0.717) is 13.1 Å². The summed E-state index contributed by atoms with van der Waals surface area (Å²) in [5.74, 6) is -0.101. The normalized spacial score (nSPS) is 15.1. The van der Waals surface area contributed by atoms with Crippen LogP contribution in [-0.2, 0) is 16.1 Å². The van der Waals surface area contributed by atoms with Gasteiger partial charge < -0.3 is 15.0 Å². The first-order valence-corrected chi connectivity index (χ1v) is 6.63. The Morgan fingerprint density at radius 3 is 3.00 bits per heavy atom. The number of carbonyl (C=O) groups excluding carboxylic acids is 1. The van der Waals surface area contributed by atoms with Gasteiger partial charge >= 0.3 is 0 Å². The molecule has 1 heterocycles. The fourth-order valence-electron chi connectivity index (χ4n) is 2.18. The molecule has 110 valence electrons. The van der Waals surface area contributed by atoms with Crippen LogP contribution < -0.4 is 10.2 Å². The molecule has 0 saturated carbocycles. The summed E-state index contributed by atoms with van der Waals surface area (Å²) in [6.07, 6.45) is -2.38. The minimum absolute atomic E-state index is 0.0231. The third kappa shape index (κ3) is 3.98. The summed E-state index contributed by atoms with van der Waals surface area (Å²) in [5, 5.41) is 3.25. The number of fused-ring (bicyclic) bond motifs is 1. The first-order valence-electron chi connectivity index (χ1n) is 6.63. The molecule has 4 nitrogen and oxygen atoms in total. The monoisotopic (exact) mass is 284 g/mol. The highest BCUT2D eigenvalue weighted by Gasteiger charge is 2.20. The Hall–Kier alpha value is -1.53. The van der Waals surface area contributed by atoms with Gasteiger partial charge in [0.05, 0.1) is 13.0 Å². The summed E-state index contributed by atoms with van der Waals surface area (Å²) < 4.78 is 28.6. The minimum Gasteiger partial charge on any atom is -0.375 e. The van der Waals surface area contributed by atoms with Crippen LogP contribution in [0.2, 0.25) is 0 Å². The van der Waals surface area contributed by atoms with Crippen molar-refractivity contribution in [2.24, 2.45) is 0 Å². The van der Waals surface area contributed by atoms with E-state index in [0.717, 1.165) is 17.8 Å². The van der Waals surface area contributed by atoms with Crippen LogP contribution in [0.4, 0.5) is 14.5 Å². The predicted molar refractivity (Wildman–Crippen MR) is 71.9 cm³/mol. The van der Waals surface area contributed by atoms with Gasteiger partial charge in [0.1, 0.15) is 6.61 Å². The number of ether oxygens (including phenoxy) is 1. The zero-order chi connectivity index (χ0) is 14.4. The van der Waals surface area contributed by atoms with E-state index >= 15 is 0 Å². The Kier molecular flexibility index (Phi) is 5.43. The van der Waals surface area contributed by atoms with E-state index in [1.54, 1.807) is 4.90 Å². The van der Waals surface area contributed by atoms with Gasteiger partial charge in [-0.2, -0.15) is 0 Å². The average Bonchev–Trinajstić information content (AvgIpc) is 2.65. The number of rotatable bonds is 5. The van der Waals surface area contributed by atoms with Crippen molar-refractivity contribution < 1.29 is 18.3 Å². The standard InChI is InChI=1S/C14H18F2N2O2/c15-13(16)10-20-8-5-14(19)18-7-6-17-9-11-3-1-2-4-12(11)18/h1-4,13,17H,5-10H2. The second kappa shape index (κ2) is 7.31. The smallest absolute Gasteiger partial charge is 0.261 e. The molecule has 1 N–H and O–H groups in total. The molecular formula is C14H18F2N2O2. The van der Waals surface area contributed by atoms with Crippen molar-refractivity contribution in [3.8, 4) is 0 Å². The van der Waals surface area contributed by atoms with Crippen molar-refractivity contribution >= 4 is 11.6 Å². The maximum atomic E-state index is 12.2. The van der Waals surface area contributed by atoms with Gasteiger partial charge in [-0.1, -0.05) is 18.2 Å². The quantitative estimate of drug-likeness (QED) is 0.838. The molecule has 0 unspecified atom stereocenters. The molecule has 0 aliphatic carbocycles. The molecule has 0 atom stereocenters. The van der Waals surface area contributed by atoms with Crippen molar-refractivity contribution in [1.82, 2.24) is 5.32 Å². The molecule has 0 fully saturated rings. The molecular weight excluding hydrogens is 266 g/mol. The molecule has 1 aromatic carbocycles. The number of nitrogens with zero attached hydrogens (tertiary/aromatic N) is 1. The SMILES string of the molecule is O=C(CCOCC(F)F)N1CCNCc2ccccc21. The maximum absolute atomic E-state index is 12.2. The van der Waals surface area contributed by atoms with Crippen molar-refractivity contribution in [2.75, 3.05) is 31.2 Å². The molecule has 0 radical (unpaired) electrons. The van der Waals surface area contributed by atoms with Gasteiger partial charge in [0.15, 0.2) is 0 Å². The van der Waals surface area contributed by atoms with Crippen LogP contribution in [-0.4, -0.2) is 38.6 Å². The lowest BCUT2D eigenvalue weighted by atomic mass is 10.1. The predicted octanol–water partition coefficient (Wildman–Crippen LogP) is 1.79. The Balaban J connectivity index is 1.95. The molecule has 2 rings (SSSR count). The maximum Gasteiger partial charge on any atom is 0.261 e. The van der Waals surface area contributed by atoms with Crippen molar-refractivity contribution in [2.45, 2.75) is 19.4 Å². The number of nitrogens with one attached hydrogen (secondary N) is 1. The van der Waals surface area contributed by atoms with E-state index < -0.39 is 13.0 Å². The Morgan fingerprint density at radius 1 is 1.40 bits per heavy atom. The summed E-state index contributed by atoms with van der Waals surface area (Å²) in [5.41, 5.74) is 1.95. The van der Waals surface area contributed by atoms with Crippen LogP contribution in [0.3, 0.4) is 0 Å². The van der Waals surface area contributed by atoms with Crippen LogP contribution in [0.1, 0.15) is 12.0 Å². The van der Waals surface area contributed by atoms with E-state index in [1.807, 2.05) is 24.3 Å². The fraction of sp³-hybridized carbons (Fsp3) is 0.500. The van der Waals surface area contributed by atoms with Gasteiger partial charge in [-0.05, 0) is 11.6 Å². The third-order valence-electron chi connectivity index (χ3n) is 3.12. The van der Waals surface area contributed by atoms with Crippen LogP contribution in [0.25, 0.3) is 0 Å². The van der Waals surface area contributed by atoms with E-state index in [-0.39, 0.29) is 18.9 Å². The topological polar surface area (TPSA) is 41.6 Å². The number of para-hydroxylation sites is 1. The van der Waals surface area contributed by atoms with Crippen molar-refractivity contribution in [3.05, 3.63) is 29.8 Å². The molecule has 20 heavy (non-hydrogen) atoms. The molecule has 6 heteroatoms. The number of halogens is 2. The number of hydrogen-bond acceptors (Lipinski definition) is 3. The molecule has 1 aliphatic heterocycles. The number of amides is 1. The highest BCUT2D eigenvalue weighted by Crippen LogP contribution is 2.22. The molecule has 0 saturated heterocycles. The minimum atomic E-state index is -2.49. The van der Waals surface area contributed by atoms with Crippen LogP contribution >= 0.6 is 0 Å². The van der Waals surface area contributed by atoms with Gasteiger partial charge in [-0.15, -0.1) is 0 Å². The second-order valence-electron chi connectivity index (χ2n) is 4.57. The second-order valence-corrected chi connectivity index (χ2v) is 4.57. The molecule has 0 aromatic heterocycles. The largest absolute Gasteiger partial charge is 0.375 e. The van der Waals surface area contributed by atoms with E-state index in [1.165, 1.54) is 0 Å². The average molecular weight is 284 g/mol. The van der Waals surface area contributed by atoms with Gasteiger partial charge in [0.2, 0.25) is 5.91 Å². The number of anilines is 1. The number of benzene rings is 1. The Morgan fingerprint density at radius 2 is 2.20 bits per heavy atom. The summed E-state index contributed by atoms with van der Waals surface area (Å²) in [4.78, 5) is 13.9. The first-order chi connectivity index (χ1) is 9.68. The first kappa shape index (κ1) is 14.9. The summed E-state index contributed by atoms with van der Waals surface area (Å²) in [6.45, 7) is 1.41. The summed E-state index contributed by atoms with van der Waals surface area (Å²) in [6, 6.07) is 7.69. The number of alkyl halides is 2. The zero-order valence-corrected chi connectivity index (χ0v) is 11.1. The molecule has 0 bridgehead atoms. The van der Waals surface area contributed by atoms with Gasteiger partial charge in [-0.25, -0.2) is 8.78 Å². The molecule has 1 aliphatic rings. The zero-order valence-electron chi connectivity index (χ0n) is 11.1. The molecule has 0 spiro atoms. The lowest BCUT2D eigenvalue weighted by Crippen LogP contribution is -2.35. The Labute approximate surface area is 116 Å². The highest BCUT2D eigenvalue weighted by molar-refractivity contribution is 5.94. The van der Waals surface area contributed by atoms with Gasteiger partial charge in [0, 0.05) is 25.3 Å². The van der Waals surface area contributed by atoms with Crippen molar-refractivity contribution in [1.29, 1.82) is 0 Å². The van der Waals surface area contributed by atoms with Crippen molar-refractivity contribution in [3.63, 3.8) is 0 Å². The van der Waals surface area contributed by atoms with Crippen LogP contribution in [0.15, 0.2) is 24.3 Å². The number of carbonyl (C=O) groups is 1. The van der Waals surface area contributed by atoms with Crippen LogP contribution in [0, 0.1) is 0 Å². The van der Waals surface area contributed by atoms with Gasteiger partial charge in [-0.3, -0.25) is 4.79 Å². The van der Waals surface area contributed by atoms with E-state index in [4.69, 9.17) is 4.74 Å². The fourth-order valence-corrected chi connectivity index (χ4v) is 2.18. The number of hydrogen-bond donors (Lipinski definition) is 1. The van der Waals surface area contributed by atoms with Gasteiger partial charge in [0.25, 0.3) is 6.43 Å². The molecule has 1 aromatic rings. The van der Waals surface area contributed by atoms with E-state index in [2.05, 4.69) is 5.32 Å². The highest BCUT2D eigenvalue weighted by atomic mass is 19.3. The Bertz CT molecular complexity index is 455. The molecule has 1 amide bonds. The van der Waals surface area contributed by atoms with Crippen LogP contribution in [0.5, 0.6) is 0 Å². The third-order valence-corrected chi connectivity index (χ3v) is 3.12. The summed E-state index contributed by atoms with van der Waals surface area (Å²) in [7, 11) is 0. The lowest BCUT2D eigenvalue weighted by molar-refractivity contribution is -0.120. The summed E-state index contributed by atoms with van der Waals surface area (Å²) >= 11 is 0. The van der Waals surface area contributed by atoms with E-state index in [9.17, 15) is 13.6 Å². The lowest BCUT2D eigenvalue weighted by Gasteiger charge is -2.22.